The predicted molar refractivity (Wildman–Crippen MR) is 110 cm³/mol. The molecule has 0 unspecified atom stereocenters. The van der Waals surface area contributed by atoms with Gasteiger partial charge in [-0.1, -0.05) is 35.7 Å². The van der Waals surface area contributed by atoms with Gasteiger partial charge in [0.1, 0.15) is 5.82 Å². The molecule has 0 aliphatic heterocycles. The summed E-state index contributed by atoms with van der Waals surface area (Å²) < 4.78 is 1.71. The van der Waals surface area contributed by atoms with E-state index in [1.54, 1.807) is 15.6 Å². The van der Waals surface area contributed by atoms with E-state index >= 15 is 0 Å². The molecule has 1 amide bonds. The van der Waals surface area contributed by atoms with Crippen molar-refractivity contribution in [1.82, 2.24) is 14.8 Å². The molecule has 0 bridgehead atoms. The predicted octanol–water partition coefficient (Wildman–Crippen LogP) is 4.45. The largest absolute Gasteiger partial charge is 0.306 e. The Labute approximate surface area is 169 Å². The molecule has 4 rings (SSSR count). The number of para-hydroxylation sites is 1. The first-order chi connectivity index (χ1) is 13.6. The number of nitrogens with zero attached hydrogens (tertiary/aromatic N) is 4. The maximum atomic E-state index is 13.2. The maximum Gasteiger partial charge on any atom is 0.297 e. The summed E-state index contributed by atoms with van der Waals surface area (Å²) in [7, 11) is 0. The van der Waals surface area contributed by atoms with Crippen LogP contribution in [0.2, 0.25) is 5.02 Å². The van der Waals surface area contributed by atoms with E-state index in [4.69, 9.17) is 18.0 Å². The fourth-order valence-electron chi connectivity index (χ4n) is 3.15. The van der Waals surface area contributed by atoms with Crippen LogP contribution in [0.3, 0.4) is 0 Å². The molecule has 1 saturated carbocycles. The Morgan fingerprint density at radius 3 is 2.75 bits per heavy atom. The maximum absolute atomic E-state index is 13.2. The van der Waals surface area contributed by atoms with Crippen molar-refractivity contribution in [3.8, 4) is 18.0 Å². The zero-order chi connectivity index (χ0) is 19.7. The molecule has 28 heavy (non-hydrogen) atoms. The standard InChI is InChI=1S/C22H19ClN4O/c1-3-15-8-7-9-17(14-15)26(4-2)22(28)20-24-21(16-12-13-16)27(25-20)19-11-6-5-10-18(19)23/h1,5-11,14,16H,4,12-13H2,2H3. The highest BCUT2D eigenvalue weighted by Crippen LogP contribution is 2.40. The fraction of sp³-hybridized carbons (Fsp3) is 0.227. The molecule has 0 radical (unpaired) electrons. The van der Waals surface area contributed by atoms with Crippen molar-refractivity contribution in [2.24, 2.45) is 0 Å². The van der Waals surface area contributed by atoms with Crippen molar-refractivity contribution >= 4 is 23.2 Å². The Morgan fingerprint density at radius 1 is 1.29 bits per heavy atom. The Morgan fingerprint density at radius 2 is 2.07 bits per heavy atom. The van der Waals surface area contributed by atoms with Crippen molar-refractivity contribution in [2.75, 3.05) is 11.4 Å². The van der Waals surface area contributed by atoms with Crippen LogP contribution in [-0.4, -0.2) is 27.2 Å². The molecular weight excluding hydrogens is 372 g/mol. The Balaban J connectivity index is 1.74. The van der Waals surface area contributed by atoms with Crippen LogP contribution >= 0.6 is 11.6 Å². The summed E-state index contributed by atoms with van der Waals surface area (Å²) in [6.45, 7) is 2.39. The van der Waals surface area contributed by atoms with Gasteiger partial charge in [0.2, 0.25) is 5.82 Å². The van der Waals surface area contributed by atoms with Crippen molar-refractivity contribution in [1.29, 1.82) is 0 Å². The van der Waals surface area contributed by atoms with Gasteiger partial charge >= 0.3 is 0 Å². The van der Waals surface area contributed by atoms with E-state index in [0.717, 1.165) is 35.6 Å². The van der Waals surface area contributed by atoms with Gasteiger partial charge in [-0.3, -0.25) is 4.79 Å². The van der Waals surface area contributed by atoms with Crippen molar-refractivity contribution in [3.63, 3.8) is 0 Å². The second-order valence-electron chi connectivity index (χ2n) is 6.68. The molecule has 0 N–H and O–H groups in total. The molecule has 0 atom stereocenters. The summed E-state index contributed by atoms with van der Waals surface area (Å²) >= 11 is 6.36. The molecule has 1 aliphatic rings. The number of aromatic nitrogens is 3. The quantitative estimate of drug-likeness (QED) is 0.605. The minimum Gasteiger partial charge on any atom is -0.306 e. The Hall–Kier alpha value is -3.10. The topological polar surface area (TPSA) is 51.0 Å². The van der Waals surface area contributed by atoms with Gasteiger partial charge in [-0.05, 0) is 50.1 Å². The molecule has 3 aromatic rings. The average Bonchev–Trinajstić information content (AvgIpc) is 3.47. The minimum absolute atomic E-state index is 0.162. The van der Waals surface area contributed by atoms with E-state index in [2.05, 4.69) is 16.0 Å². The van der Waals surface area contributed by atoms with Crippen LogP contribution in [0.15, 0.2) is 48.5 Å². The van der Waals surface area contributed by atoms with Crippen LogP contribution < -0.4 is 4.90 Å². The van der Waals surface area contributed by atoms with E-state index in [1.165, 1.54) is 0 Å². The molecule has 1 fully saturated rings. The number of amides is 1. The molecule has 1 aromatic heterocycles. The van der Waals surface area contributed by atoms with E-state index in [0.29, 0.717) is 17.5 Å². The average molecular weight is 391 g/mol. The summed E-state index contributed by atoms with van der Waals surface area (Å²) in [4.78, 5) is 19.4. The molecule has 5 nitrogen and oxygen atoms in total. The first-order valence-electron chi connectivity index (χ1n) is 9.22. The zero-order valence-corrected chi connectivity index (χ0v) is 16.2. The number of anilines is 1. The molecule has 6 heteroatoms. The summed E-state index contributed by atoms with van der Waals surface area (Å²) in [6.07, 6.45) is 7.58. The van der Waals surface area contributed by atoms with Gasteiger partial charge in [0, 0.05) is 23.7 Å². The Kier molecular flexibility index (Phi) is 4.89. The summed E-state index contributed by atoms with van der Waals surface area (Å²) in [5.74, 6) is 3.60. The minimum atomic E-state index is -0.260. The van der Waals surface area contributed by atoms with Crippen LogP contribution in [0.4, 0.5) is 5.69 Å². The normalized spacial score (nSPS) is 13.2. The lowest BCUT2D eigenvalue weighted by Gasteiger charge is -2.19. The summed E-state index contributed by atoms with van der Waals surface area (Å²) in [5, 5.41) is 5.10. The monoisotopic (exact) mass is 390 g/mol. The van der Waals surface area contributed by atoms with Gasteiger partial charge in [-0.25, -0.2) is 9.67 Å². The van der Waals surface area contributed by atoms with Crippen LogP contribution in [0.1, 0.15) is 47.7 Å². The number of rotatable bonds is 5. The highest BCUT2D eigenvalue weighted by atomic mass is 35.5. The molecular formula is C22H19ClN4O. The second-order valence-corrected chi connectivity index (χ2v) is 7.08. The van der Waals surface area contributed by atoms with Crippen LogP contribution in [-0.2, 0) is 0 Å². The smallest absolute Gasteiger partial charge is 0.297 e. The van der Waals surface area contributed by atoms with Crippen molar-refractivity contribution < 1.29 is 4.79 Å². The number of carbonyl (C=O) groups is 1. The first-order valence-corrected chi connectivity index (χ1v) is 9.60. The van der Waals surface area contributed by atoms with Gasteiger partial charge in [-0.2, -0.15) is 0 Å². The molecule has 140 valence electrons. The number of halogens is 1. The van der Waals surface area contributed by atoms with Crippen LogP contribution in [0, 0.1) is 12.3 Å². The van der Waals surface area contributed by atoms with E-state index in [-0.39, 0.29) is 11.7 Å². The van der Waals surface area contributed by atoms with Gasteiger partial charge < -0.3 is 4.90 Å². The zero-order valence-electron chi connectivity index (χ0n) is 15.5. The van der Waals surface area contributed by atoms with Gasteiger partial charge in [0.05, 0.1) is 10.7 Å². The third-order valence-corrected chi connectivity index (χ3v) is 5.05. The molecule has 2 aromatic carbocycles. The van der Waals surface area contributed by atoms with E-state index in [1.807, 2.05) is 49.4 Å². The molecule has 0 spiro atoms. The summed E-state index contributed by atoms with van der Waals surface area (Å²) in [6, 6.07) is 14.8. The van der Waals surface area contributed by atoms with E-state index in [9.17, 15) is 4.79 Å². The molecule has 1 heterocycles. The lowest BCUT2D eigenvalue weighted by molar-refractivity contribution is 0.0978. The number of hydrogen-bond donors (Lipinski definition) is 0. The van der Waals surface area contributed by atoms with Crippen molar-refractivity contribution in [2.45, 2.75) is 25.7 Å². The number of terminal acetylenes is 1. The third kappa shape index (κ3) is 3.39. The lowest BCUT2D eigenvalue weighted by Crippen LogP contribution is -2.31. The number of benzene rings is 2. The third-order valence-electron chi connectivity index (χ3n) is 4.73. The number of carbonyl (C=O) groups excluding carboxylic acids is 1. The van der Waals surface area contributed by atoms with Gasteiger partial charge in [0.15, 0.2) is 0 Å². The first kappa shape index (κ1) is 18.3. The molecule has 0 saturated heterocycles. The second kappa shape index (κ2) is 7.49. The Bertz CT molecular complexity index is 1080. The SMILES string of the molecule is C#Cc1cccc(N(CC)C(=O)c2nc(C3CC3)n(-c3ccccc3Cl)n2)c1. The number of hydrogen-bond acceptors (Lipinski definition) is 3. The lowest BCUT2D eigenvalue weighted by atomic mass is 10.2. The van der Waals surface area contributed by atoms with E-state index < -0.39 is 0 Å². The summed E-state index contributed by atoms with van der Waals surface area (Å²) in [5.41, 5.74) is 2.18. The highest BCUT2D eigenvalue weighted by molar-refractivity contribution is 6.32. The van der Waals surface area contributed by atoms with Crippen molar-refractivity contribution in [3.05, 3.63) is 70.8 Å². The van der Waals surface area contributed by atoms with Gasteiger partial charge in [-0.15, -0.1) is 11.5 Å². The van der Waals surface area contributed by atoms with Gasteiger partial charge in [0.25, 0.3) is 5.91 Å². The highest BCUT2D eigenvalue weighted by Gasteiger charge is 2.33. The molecule has 1 aliphatic carbocycles. The van der Waals surface area contributed by atoms with Crippen LogP contribution in [0.5, 0.6) is 0 Å². The van der Waals surface area contributed by atoms with Crippen LogP contribution in [0.25, 0.3) is 5.69 Å². The fourth-order valence-corrected chi connectivity index (χ4v) is 3.36.